The van der Waals surface area contributed by atoms with Gasteiger partial charge in [0, 0.05) is 23.0 Å². The molecule has 1 aliphatic carbocycles. The van der Waals surface area contributed by atoms with Gasteiger partial charge in [0.15, 0.2) is 0 Å². The molecule has 0 bridgehead atoms. The summed E-state index contributed by atoms with van der Waals surface area (Å²) in [7, 11) is 0. The summed E-state index contributed by atoms with van der Waals surface area (Å²) in [5.41, 5.74) is 6.82. The molecule has 0 saturated carbocycles. The molecule has 2 atom stereocenters. The molecule has 45 heavy (non-hydrogen) atoms. The maximum atomic E-state index is 6.80. The average molecular weight is 603 g/mol. The Kier molecular flexibility index (Phi) is 8.96. The number of ether oxygens (including phenoxy) is 4. The smallest absolute Gasteiger partial charge is 0.124 e. The standard InChI is InChI=1S/C41H46O4/c1-29(19-21-31-25-42-26-31)23-44-39-17-9-7-15-37(39)41(35-13-5-3-11-33(35)34-12-4-6-14-36(34)41)38-16-8-10-18-40(38)45-24-30(2)20-22-32-27-43-28-32/h3-18,29-32H,19-28H2,1-2H3. The number of para-hydroxylation sites is 2. The Bertz CT molecular complexity index is 1470. The molecule has 0 aromatic heterocycles. The first-order chi connectivity index (χ1) is 22.1. The zero-order chi connectivity index (χ0) is 30.6. The third-order valence-electron chi connectivity index (χ3n) is 10.1. The fourth-order valence-corrected chi connectivity index (χ4v) is 7.34. The van der Waals surface area contributed by atoms with Gasteiger partial charge in [0.2, 0.25) is 0 Å². The monoisotopic (exact) mass is 602 g/mol. The predicted molar refractivity (Wildman–Crippen MR) is 180 cm³/mol. The molecule has 4 heteroatoms. The van der Waals surface area contributed by atoms with Crippen molar-refractivity contribution in [3.05, 3.63) is 119 Å². The first kappa shape index (κ1) is 30.1. The van der Waals surface area contributed by atoms with Gasteiger partial charge in [-0.2, -0.15) is 0 Å². The van der Waals surface area contributed by atoms with Gasteiger partial charge in [0.05, 0.1) is 45.1 Å². The molecule has 3 aliphatic rings. The van der Waals surface area contributed by atoms with Gasteiger partial charge in [-0.05, 0) is 71.9 Å². The SMILES string of the molecule is CC(CCC1COC1)COc1ccccc1C1(c2ccccc2OCC(C)CCC2COC2)c2ccccc2-c2ccccc21. The predicted octanol–water partition coefficient (Wildman–Crippen LogP) is 8.93. The van der Waals surface area contributed by atoms with Crippen molar-refractivity contribution >= 4 is 0 Å². The van der Waals surface area contributed by atoms with Crippen LogP contribution in [0.2, 0.25) is 0 Å². The minimum atomic E-state index is -0.584. The van der Waals surface area contributed by atoms with Crippen LogP contribution < -0.4 is 9.47 Å². The maximum Gasteiger partial charge on any atom is 0.124 e. The van der Waals surface area contributed by atoms with E-state index >= 15 is 0 Å². The summed E-state index contributed by atoms with van der Waals surface area (Å²) in [5.74, 6) is 4.21. The van der Waals surface area contributed by atoms with E-state index < -0.39 is 5.41 Å². The summed E-state index contributed by atoms with van der Waals surface area (Å²) in [6.45, 7) is 9.63. The van der Waals surface area contributed by atoms with E-state index in [9.17, 15) is 0 Å². The van der Waals surface area contributed by atoms with Crippen molar-refractivity contribution < 1.29 is 18.9 Å². The van der Waals surface area contributed by atoms with Crippen molar-refractivity contribution in [1.29, 1.82) is 0 Å². The second kappa shape index (κ2) is 13.4. The van der Waals surface area contributed by atoms with Crippen LogP contribution in [0.25, 0.3) is 11.1 Å². The third-order valence-corrected chi connectivity index (χ3v) is 10.1. The number of fused-ring (bicyclic) bond motifs is 3. The first-order valence-corrected chi connectivity index (χ1v) is 16.9. The molecule has 4 aromatic rings. The third kappa shape index (κ3) is 5.91. The lowest BCUT2D eigenvalue weighted by Crippen LogP contribution is -2.31. The van der Waals surface area contributed by atoms with Gasteiger partial charge in [0.25, 0.3) is 0 Å². The molecular weight excluding hydrogens is 556 g/mol. The Balaban J connectivity index is 1.27. The highest BCUT2D eigenvalue weighted by Gasteiger charge is 2.49. The van der Waals surface area contributed by atoms with Crippen molar-refractivity contribution in [3.8, 4) is 22.6 Å². The molecule has 234 valence electrons. The van der Waals surface area contributed by atoms with Gasteiger partial charge < -0.3 is 18.9 Å². The molecule has 0 radical (unpaired) electrons. The van der Waals surface area contributed by atoms with Crippen LogP contribution in [0.1, 0.15) is 61.8 Å². The van der Waals surface area contributed by atoms with Crippen LogP contribution in [-0.2, 0) is 14.9 Å². The summed E-state index contributed by atoms with van der Waals surface area (Å²) in [5, 5.41) is 0. The van der Waals surface area contributed by atoms with Crippen molar-refractivity contribution in [2.24, 2.45) is 23.7 Å². The van der Waals surface area contributed by atoms with E-state index in [4.69, 9.17) is 18.9 Å². The van der Waals surface area contributed by atoms with Crippen molar-refractivity contribution in [3.63, 3.8) is 0 Å². The number of benzene rings is 4. The van der Waals surface area contributed by atoms with Crippen LogP contribution in [0, 0.1) is 23.7 Å². The molecule has 4 nitrogen and oxygen atoms in total. The van der Waals surface area contributed by atoms with Gasteiger partial charge >= 0.3 is 0 Å². The number of hydrogen-bond donors (Lipinski definition) is 0. The van der Waals surface area contributed by atoms with E-state index in [0.717, 1.165) is 61.9 Å². The summed E-state index contributed by atoms with van der Waals surface area (Å²) >= 11 is 0. The van der Waals surface area contributed by atoms with Crippen molar-refractivity contribution in [1.82, 2.24) is 0 Å². The van der Waals surface area contributed by atoms with E-state index in [0.29, 0.717) is 36.9 Å². The van der Waals surface area contributed by atoms with Crippen molar-refractivity contribution in [2.75, 3.05) is 39.6 Å². The molecule has 7 rings (SSSR count). The van der Waals surface area contributed by atoms with E-state index in [1.165, 1.54) is 35.1 Å². The topological polar surface area (TPSA) is 36.9 Å². The quantitative estimate of drug-likeness (QED) is 0.127. The van der Waals surface area contributed by atoms with E-state index in [1.54, 1.807) is 0 Å². The first-order valence-electron chi connectivity index (χ1n) is 16.9. The van der Waals surface area contributed by atoms with E-state index in [2.05, 4.69) is 111 Å². The lowest BCUT2D eigenvalue weighted by atomic mass is 9.67. The maximum absolute atomic E-state index is 6.80. The summed E-state index contributed by atoms with van der Waals surface area (Å²) in [6, 6.07) is 35.1. The zero-order valence-electron chi connectivity index (χ0n) is 26.8. The minimum Gasteiger partial charge on any atom is -0.493 e. The molecule has 2 unspecified atom stereocenters. The van der Waals surface area contributed by atoms with Gasteiger partial charge in [-0.25, -0.2) is 0 Å². The fourth-order valence-electron chi connectivity index (χ4n) is 7.34. The van der Waals surface area contributed by atoms with Crippen LogP contribution in [0.3, 0.4) is 0 Å². The van der Waals surface area contributed by atoms with Crippen LogP contribution in [0.5, 0.6) is 11.5 Å². The van der Waals surface area contributed by atoms with Gasteiger partial charge in [-0.15, -0.1) is 0 Å². The summed E-state index contributed by atoms with van der Waals surface area (Å²) in [4.78, 5) is 0. The molecule has 0 N–H and O–H groups in total. The molecular formula is C41H46O4. The second-order valence-corrected chi connectivity index (χ2v) is 13.6. The van der Waals surface area contributed by atoms with Crippen LogP contribution in [0.15, 0.2) is 97.1 Å². The Labute approximate surface area is 268 Å². The normalized spacial score (nSPS) is 18.3. The van der Waals surface area contributed by atoms with E-state index in [1.807, 2.05) is 0 Å². The van der Waals surface area contributed by atoms with Crippen LogP contribution >= 0.6 is 0 Å². The summed E-state index contributed by atoms with van der Waals surface area (Å²) < 4.78 is 24.4. The van der Waals surface area contributed by atoms with Gasteiger partial charge in [-0.3, -0.25) is 0 Å². The minimum absolute atomic E-state index is 0.460. The number of hydrogen-bond acceptors (Lipinski definition) is 4. The summed E-state index contributed by atoms with van der Waals surface area (Å²) in [6.07, 6.45) is 4.70. The Morgan fingerprint density at radius 3 is 1.33 bits per heavy atom. The second-order valence-electron chi connectivity index (χ2n) is 13.6. The molecule has 4 aromatic carbocycles. The van der Waals surface area contributed by atoms with Gasteiger partial charge in [-0.1, -0.05) is 98.8 Å². The van der Waals surface area contributed by atoms with Crippen LogP contribution in [0.4, 0.5) is 0 Å². The Hall–Kier alpha value is -3.60. The largest absolute Gasteiger partial charge is 0.493 e. The molecule has 2 fully saturated rings. The fraction of sp³-hybridized carbons (Fsp3) is 0.415. The van der Waals surface area contributed by atoms with E-state index in [-0.39, 0.29) is 0 Å². The molecule has 0 amide bonds. The molecule has 2 saturated heterocycles. The lowest BCUT2D eigenvalue weighted by Gasteiger charge is -2.36. The average Bonchev–Trinajstić information content (AvgIpc) is 3.32. The molecule has 2 aliphatic heterocycles. The number of rotatable bonds is 14. The van der Waals surface area contributed by atoms with Gasteiger partial charge in [0.1, 0.15) is 11.5 Å². The Morgan fingerprint density at radius 2 is 0.933 bits per heavy atom. The highest BCUT2D eigenvalue weighted by atomic mass is 16.5. The highest BCUT2D eigenvalue weighted by molar-refractivity contribution is 5.87. The van der Waals surface area contributed by atoms with Crippen LogP contribution in [-0.4, -0.2) is 39.6 Å². The zero-order valence-corrected chi connectivity index (χ0v) is 26.8. The lowest BCUT2D eigenvalue weighted by molar-refractivity contribution is -0.0382. The molecule has 2 heterocycles. The molecule has 0 spiro atoms. The van der Waals surface area contributed by atoms with Crippen molar-refractivity contribution in [2.45, 2.75) is 44.9 Å². The highest BCUT2D eigenvalue weighted by Crippen LogP contribution is 2.59. The Morgan fingerprint density at radius 1 is 0.556 bits per heavy atom.